The van der Waals surface area contributed by atoms with E-state index in [4.69, 9.17) is 14.7 Å². The molecule has 0 aromatic rings. The van der Waals surface area contributed by atoms with Crippen molar-refractivity contribution < 1.29 is 17.5 Å². The fraction of sp³-hybridized carbons (Fsp3) is 0. The van der Waals surface area contributed by atoms with Crippen LogP contribution in [0, 0.1) is 0 Å². The van der Waals surface area contributed by atoms with E-state index in [1.54, 1.807) is 0 Å². The highest BCUT2D eigenvalue weighted by Gasteiger charge is 1.76. The Bertz CT molecular complexity index is 13.5. The molecular weight excluding hydrogens is 79.0 g/mol. The summed E-state index contributed by atoms with van der Waals surface area (Å²) in [5, 5.41) is 0. The van der Waals surface area contributed by atoms with E-state index in [0.29, 0.717) is 0 Å². The minimum atomic E-state index is -2.62. The summed E-state index contributed by atoms with van der Waals surface area (Å²) in [5.41, 5.74) is 0. The maximum Gasteiger partial charge on any atom is 0.324 e. The van der Waals surface area contributed by atoms with Crippen LogP contribution >= 0.6 is 8.60 Å². The van der Waals surface area contributed by atoms with Crippen molar-refractivity contribution in [2.24, 2.45) is 0 Å². The molecule has 30 valence electrons. The van der Waals surface area contributed by atoms with Gasteiger partial charge in [0.15, 0.2) is 0 Å². The van der Waals surface area contributed by atoms with Crippen molar-refractivity contribution in [1.82, 2.24) is 0 Å². The van der Waals surface area contributed by atoms with Crippen LogP contribution in [0.2, 0.25) is 0 Å². The van der Waals surface area contributed by atoms with E-state index >= 15 is 0 Å². The Hall–Kier alpha value is 0.310. The van der Waals surface area contributed by atoms with Gasteiger partial charge in [0.25, 0.3) is 0 Å². The molecule has 0 atom stereocenters. The van der Waals surface area contributed by atoms with Crippen molar-refractivity contribution in [2.45, 2.75) is 0 Å². The Morgan fingerprint density at radius 3 is 1.25 bits per heavy atom. The summed E-state index contributed by atoms with van der Waals surface area (Å²) >= 11 is 0. The fourth-order valence-corrected chi connectivity index (χ4v) is 0. The first-order chi connectivity index (χ1) is 1.73. The van der Waals surface area contributed by atoms with Crippen molar-refractivity contribution >= 4 is 8.60 Å². The third-order valence-electron chi connectivity index (χ3n) is 0. The van der Waals surface area contributed by atoms with Gasteiger partial charge in [-0.05, 0) is 0 Å². The molecule has 0 aliphatic heterocycles. The van der Waals surface area contributed by atoms with Crippen LogP contribution in [-0.2, 0) is 0 Å². The van der Waals surface area contributed by atoms with Gasteiger partial charge in [-0.3, -0.25) is 0 Å². The predicted molar refractivity (Wildman–Crippen MR) is 17.8 cm³/mol. The second kappa shape index (κ2) is 1.61. The summed E-state index contributed by atoms with van der Waals surface area (Å²) in [7, 11) is -2.62. The van der Waals surface area contributed by atoms with Gasteiger partial charge in [-0.2, -0.15) is 0 Å². The maximum absolute atomic E-state index is 7.23. The first-order valence-electron chi connectivity index (χ1n) is 0.600. The van der Waals surface area contributed by atoms with Crippen LogP contribution in [0.3, 0.4) is 0 Å². The van der Waals surface area contributed by atoms with Gasteiger partial charge in [-0.25, -0.2) is 0 Å². The summed E-state index contributed by atoms with van der Waals surface area (Å²) in [4.78, 5) is 21.7. The normalized spacial score (nSPS) is 9.00. The lowest BCUT2D eigenvalue weighted by Crippen LogP contribution is -1.54. The number of hydrogen-bond donors (Lipinski definition) is 3. The van der Waals surface area contributed by atoms with Crippen LogP contribution < -0.4 is 0 Å². The molecule has 0 heterocycles. The van der Waals surface area contributed by atoms with Crippen molar-refractivity contribution in [1.29, 1.82) is 0 Å². The third kappa shape index (κ3) is 41.3. The molecule has 0 fully saturated rings. The zero-order valence-electron chi connectivity index (χ0n) is 1.79. The quantitative estimate of drug-likeness (QED) is 0.354. The summed E-state index contributed by atoms with van der Waals surface area (Å²) in [6, 6.07) is 0. The van der Waals surface area contributed by atoms with Crippen LogP contribution in [0.15, 0.2) is 0 Å². The average molecular weight is 86.0 g/mol. The van der Waals surface area contributed by atoms with Crippen LogP contribution in [-0.4, -0.2) is 14.7 Å². The average Bonchev–Trinajstić information content (AvgIpc) is 0.811. The van der Waals surface area contributed by atoms with Gasteiger partial charge < -0.3 is 14.7 Å². The minimum absolute atomic E-state index is 0. The molecule has 3 nitrogen and oxygen atoms in total. The van der Waals surface area contributed by atoms with Crippen LogP contribution in [0.4, 0.5) is 0 Å². The summed E-state index contributed by atoms with van der Waals surface area (Å²) in [6.07, 6.45) is 0. The molecule has 0 aliphatic carbocycles. The predicted octanol–water partition coefficient (Wildman–Crippen LogP) is -0.318. The van der Waals surface area contributed by atoms with Gasteiger partial charge in [0.05, 0.1) is 0 Å². The number of hydrogen-bond acceptors (Lipinski definition) is 3. The zero-order valence-corrected chi connectivity index (χ0v) is 2.68. The van der Waals surface area contributed by atoms with E-state index in [9.17, 15) is 0 Å². The lowest BCUT2D eigenvalue weighted by atomic mass is 15.8. The Kier molecular flexibility index (Phi) is 1.74. The van der Waals surface area contributed by atoms with E-state index in [2.05, 4.69) is 0 Å². The molecule has 0 radical (unpaired) electrons. The Morgan fingerprint density at radius 2 is 1.25 bits per heavy atom. The van der Waals surface area contributed by atoms with Crippen molar-refractivity contribution in [2.75, 3.05) is 0 Å². The van der Waals surface area contributed by atoms with Crippen LogP contribution in [0.25, 0.3) is 0 Å². The Morgan fingerprint density at radius 1 is 1.25 bits per heavy atom. The first-order valence-corrected chi connectivity index (χ1v) is 1.80. The van der Waals surface area contributed by atoms with Gasteiger partial charge in [0.1, 0.15) is 0 Å². The molecule has 0 aromatic carbocycles. The van der Waals surface area contributed by atoms with Crippen molar-refractivity contribution in [3.05, 3.63) is 0 Å². The van der Waals surface area contributed by atoms with Crippen LogP contribution in [0.5, 0.6) is 0 Å². The molecule has 0 unspecified atom stereocenters. The standard InChI is InChI=1S/H3O3P.2H2/c1-4(2)3;;/h1-3H;2*1H. The highest BCUT2D eigenvalue weighted by atomic mass is 31.2. The van der Waals surface area contributed by atoms with Crippen molar-refractivity contribution in [3.8, 4) is 0 Å². The maximum atomic E-state index is 7.23. The van der Waals surface area contributed by atoms with Gasteiger partial charge in [-0.1, -0.05) is 0 Å². The van der Waals surface area contributed by atoms with E-state index in [0.717, 1.165) is 0 Å². The molecule has 4 heavy (non-hydrogen) atoms. The topological polar surface area (TPSA) is 60.7 Å². The largest absolute Gasteiger partial charge is 0.328 e. The second-order valence-corrected chi connectivity index (χ2v) is 0.805. The molecule has 3 N–H and O–H groups in total. The van der Waals surface area contributed by atoms with Gasteiger partial charge in [0.2, 0.25) is 0 Å². The van der Waals surface area contributed by atoms with Gasteiger partial charge >= 0.3 is 8.60 Å². The van der Waals surface area contributed by atoms with E-state index in [1.165, 1.54) is 0 Å². The van der Waals surface area contributed by atoms with Crippen molar-refractivity contribution in [3.63, 3.8) is 0 Å². The highest BCUT2D eigenvalue weighted by molar-refractivity contribution is 7.38. The molecule has 0 rings (SSSR count). The van der Waals surface area contributed by atoms with E-state index in [1.807, 2.05) is 0 Å². The Balaban J connectivity index is -0.0000000450. The molecule has 0 aliphatic rings. The third-order valence-corrected chi connectivity index (χ3v) is 0. The molecule has 0 saturated carbocycles. The summed E-state index contributed by atoms with van der Waals surface area (Å²) in [6.45, 7) is 0. The SMILES string of the molecule is OP(O)O.[HH].[HH]. The zero-order chi connectivity index (χ0) is 3.58. The molecule has 0 bridgehead atoms. The van der Waals surface area contributed by atoms with E-state index < -0.39 is 8.60 Å². The molecule has 0 aromatic heterocycles. The summed E-state index contributed by atoms with van der Waals surface area (Å²) < 4.78 is 0. The van der Waals surface area contributed by atoms with Crippen LogP contribution in [0.1, 0.15) is 2.85 Å². The Labute approximate surface area is 27.5 Å². The molecule has 0 saturated heterocycles. The van der Waals surface area contributed by atoms with Gasteiger partial charge in [0, 0.05) is 2.85 Å². The highest BCUT2D eigenvalue weighted by Crippen LogP contribution is 2.11. The number of rotatable bonds is 0. The molecular formula is H7O3P. The molecule has 0 amide bonds. The first kappa shape index (κ1) is 4.31. The monoisotopic (exact) mass is 86.0 g/mol. The minimum Gasteiger partial charge on any atom is -0.328 e. The lowest BCUT2D eigenvalue weighted by Gasteiger charge is -1.76. The smallest absolute Gasteiger partial charge is 0.324 e. The summed E-state index contributed by atoms with van der Waals surface area (Å²) in [5.74, 6) is 0. The lowest BCUT2D eigenvalue weighted by molar-refractivity contribution is 0.368. The molecule has 0 spiro atoms. The molecule has 4 heteroatoms. The van der Waals surface area contributed by atoms with Gasteiger partial charge in [-0.15, -0.1) is 0 Å². The van der Waals surface area contributed by atoms with E-state index in [-0.39, 0.29) is 2.85 Å². The fourth-order valence-electron chi connectivity index (χ4n) is 0. The second-order valence-electron chi connectivity index (χ2n) is 0.268.